The van der Waals surface area contributed by atoms with E-state index >= 15 is 0 Å². The van der Waals surface area contributed by atoms with Crippen LogP contribution in [0.4, 0.5) is 0 Å². The summed E-state index contributed by atoms with van der Waals surface area (Å²) in [5.74, 6) is 0. The van der Waals surface area contributed by atoms with Crippen LogP contribution >= 0.6 is 0 Å². The summed E-state index contributed by atoms with van der Waals surface area (Å²) in [7, 11) is -1.46. The molecule has 4 aromatic carbocycles. The molecule has 35 heavy (non-hydrogen) atoms. The van der Waals surface area contributed by atoms with E-state index in [-0.39, 0.29) is 0 Å². The quantitative estimate of drug-likeness (QED) is 0.236. The molecule has 1 aliphatic rings. The smallest absolute Gasteiger partial charge is 0.0777 e. The van der Waals surface area contributed by atoms with Gasteiger partial charge in [0, 0.05) is 44.4 Å². The lowest BCUT2D eigenvalue weighted by atomic mass is 9.93. The third-order valence-electron chi connectivity index (χ3n) is 7.89. The molecule has 0 amide bonds. The monoisotopic (exact) mass is 464 g/mol. The Labute approximate surface area is 204 Å². The Morgan fingerprint density at radius 3 is 1.91 bits per heavy atom. The standard InChI is InChI=1S/C32H24N2Si/c1-35(2,3)19-16-17-33-28(18-19)26-15-14-25-24-12-6-10-22-20-8-4-5-9-21(20)23-11-7-13-27-29(26)32(25)34(30(22)24)31(23)27/h4-18H,1-3H3. The molecule has 0 saturated heterocycles. The summed E-state index contributed by atoms with van der Waals surface area (Å²) in [5, 5.41) is 6.72. The van der Waals surface area contributed by atoms with E-state index in [2.05, 4.69) is 109 Å². The van der Waals surface area contributed by atoms with E-state index in [4.69, 9.17) is 4.98 Å². The van der Waals surface area contributed by atoms with Gasteiger partial charge in [-0.1, -0.05) is 97.6 Å². The van der Waals surface area contributed by atoms with Gasteiger partial charge in [-0.15, -0.1) is 0 Å². The third kappa shape index (κ3) is 2.36. The van der Waals surface area contributed by atoms with E-state index in [0.717, 1.165) is 5.69 Å². The lowest BCUT2D eigenvalue weighted by Gasteiger charge is -2.17. The zero-order valence-corrected chi connectivity index (χ0v) is 21.1. The highest BCUT2D eigenvalue weighted by atomic mass is 28.3. The molecule has 7 aromatic rings. The Kier molecular flexibility index (Phi) is 3.53. The Balaban J connectivity index is 1.63. The molecule has 0 aliphatic carbocycles. The van der Waals surface area contributed by atoms with Gasteiger partial charge in [0.15, 0.2) is 0 Å². The summed E-state index contributed by atoms with van der Waals surface area (Å²) in [6.07, 6.45) is 2.00. The van der Waals surface area contributed by atoms with Gasteiger partial charge in [-0.25, -0.2) is 0 Å². The lowest BCUT2D eigenvalue weighted by molar-refractivity contribution is 1.34. The topological polar surface area (TPSA) is 17.3 Å². The van der Waals surface area contributed by atoms with E-state index in [9.17, 15) is 0 Å². The molecular weight excluding hydrogens is 440 g/mol. The molecule has 3 aromatic heterocycles. The number of rotatable bonds is 2. The fraction of sp³-hybridized carbons (Fsp3) is 0.0938. The first-order valence-electron chi connectivity index (χ1n) is 12.3. The van der Waals surface area contributed by atoms with Crippen molar-refractivity contribution in [3.05, 3.63) is 91.1 Å². The van der Waals surface area contributed by atoms with Gasteiger partial charge in [0.2, 0.25) is 0 Å². The van der Waals surface area contributed by atoms with Gasteiger partial charge in [-0.05, 0) is 23.3 Å². The van der Waals surface area contributed by atoms with E-state index in [1.54, 1.807) is 0 Å². The minimum atomic E-state index is -1.46. The maximum absolute atomic E-state index is 4.89. The molecular formula is C32H24N2Si. The maximum atomic E-state index is 4.89. The molecule has 0 radical (unpaired) electrons. The largest absolute Gasteiger partial charge is 0.307 e. The zero-order chi connectivity index (χ0) is 23.5. The summed E-state index contributed by atoms with van der Waals surface area (Å²) in [6, 6.07) is 31.6. The first-order chi connectivity index (χ1) is 17.0. The van der Waals surface area contributed by atoms with Gasteiger partial charge in [-0.2, -0.15) is 0 Å². The normalized spacial score (nSPS) is 13.0. The van der Waals surface area contributed by atoms with Gasteiger partial charge in [-0.3, -0.25) is 4.98 Å². The number of pyridine rings is 1. The van der Waals surface area contributed by atoms with Gasteiger partial charge in [0.25, 0.3) is 0 Å². The molecule has 0 saturated carbocycles. The highest BCUT2D eigenvalue weighted by Crippen LogP contribution is 2.50. The van der Waals surface area contributed by atoms with Crippen molar-refractivity contribution in [1.29, 1.82) is 0 Å². The van der Waals surface area contributed by atoms with Crippen molar-refractivity contribution in [2.75, 3.05) is 0 Å². The molecule has 3 heteroatoms. The molecule has 0 fully saturated rings. The van der Waals surface area contributed by atoms with Crippen LogP contribution in [0.1, 0.15) is 0 Å². The molecule has 1 aliphatic heterocycles. The second-order valence-electron chi connectivity index (χ2n) is 10.8. The van der Waals surface area contributed by atoms with Crippen LogP contribution in [0.25, 0.3) is 71.6 Å². The molecule has 8 rings (SSSR count). The van der Waals surface area contributed by atoms with Crippen LogP contribution in [0, 0.1) is 0 Å². The average Bonchev–Trinajstić information content (AvgIpc) is 3.36. The molecule has 0 N–H and O–H groups in total. The molecule has 4 heterocycles. The number of nitrogens with zero attached hydrogens (tertiary/aromatic N) is 2. The third-order valence-corrected chi connectivity index (χ3v) is 9.93. The average molecular weight is 465 g/mol. The SMILES string of the molecule is C[Si](C)(C)c1ccnc(-c2ccc3c4cccc5c4n4c6c(cccc6c2c34)-c2ccccc2-5)c1. The Hall–Kier alpha value is -3.95. The lowest BCUT2D eigenvalue weighted by Crippen LogP contribution is -2.37. The van der Waals surface area contributed by atoms with Crippen molar-refractivity contribution < 1.29 is 0 Å². The minimum Gasteiger partial charge on any atom is -0.307 e. The van der Waals surface area contributed by atoms with Crippen molar-refractivity contribution in [2.24, 2.45) is 0 Å². The number of hydrogen-bond donors (Lipinski definition) is 0. The summed E-state index contributed by atoms with van der Waals surface area (Å²) >= 11 is 0. The highest BCUT2D eigenvalue weighted by molar-refractivity contribution is 6.88. The first-order valence-corrected chi connectivity index (χ1v) is 15.8. The summed E-state index contributed by atoms with van der Waals surface area (Å²) < 4.78 is 2.55. The van der Waals surface area contributed by atoms with Crippen LogP contribution < -0.4 is 5.19 Å². The second kappa shape index (κ2) is 6.38. The van der Waals surface area contributed by atoms with E-state index in [0.29, 0.717) is 0 Å². The van der Waals surface area contributed by atoms with Crippen molar-refractivity contribution in [3.63, 3.8) is 0 Å². The van der Waals surface area contributed by atoms with Crippen LogP contribution in [0.2, 0.25) is 19.6 Å². The second-order valence-corrected chi connectivity index (χ2v) is 15.9. The van der Waals surface area contributed by atoms with Crippen LogP contribution in [0.15, 0.2) is 91.1 Å². The predicted molar refractivity (Wildman–Crippen MR) is 152 cm³/mol. The van der Waals surface area contributed by atoms with E-state index in [1.165, 1.54) is 71.1 Å². The van der Waals surface area contributed by atoms with E-state index in [1.807, 2.05) is 6.20 Å². The van der Waals surface area contributed by atoms with Crippen molar-refractivity contribution >= 4 is 51.4 Å². The van der Waals surface area contributed by atoms with Crippen molar-refractivity contribution in [1.82, 2.24) is 9.38 Å². The number of aromatic nitrogens is 2. The maximum Gasteiger partial charge on any atom is 0.0777 e. The zero-order valence-electron chi connectivity index (χ0n) is 20.1. The Morgan fingerprint density at radius 2 is 1.20 bits per heavy atom. The summed E-state index contributed by atoms with van der Waals surface area (Å²) in [5.41, 5.74) is 11.5. The number of benzene rings is 4. The van der Waals surface area contributed by atoms with Crippen LogP contribution in [0.5, 0.6) is 0 Å². The van der Waals surface area contributed by atoms with Crippen molar-refractivity contribution in [3.8, 4) is 33.5 Å². The summed E-state index contributed by atoms with van der Waals surface area (Å²) in [6.45, 7) is 7.20. The van der Waals surface area contributed by atoms with Crippen LogP contribution in [-0.4, -0.2) is 17.5 Å². The fourth-order valence-electron chi connectivity index (χ4n) is 6.28. The van der Waals surface area contributed by atoms with Crippen LogP contribution in [0.3, 0.4) is 0 Å². The number of fused-ring (bicyclic) bond motifs is 5. The van der Waals surface area contributed by atoms with E-state index < -0.39 is 8.07 Å². The fourth-order valence-corrected chi connectivity index (χ4v) is 7.43. The van der Waals surface area contributed by atoms with Gasteiger partial charge in [0.05, 0.1) is 30.3 Å². The van der Waals surface area contributed by atoms with Crippen molar-refractivity contribution in [2.45, 2.75) is 19.6 Å². The van der Waals surface area contributed by atoms with Gasteiger partial charge in [0.1, 0.15) is 0 Å². The molecule has 0 atom stereocenters. The number of hydrogen-bond acceptors (Lipinski definition) is 1. The number of para-hydroxylation sites is 2. The van der Waals surface area contributed by atoms with Gasteiger partial charge >= 0.3 is 0 Å². The molecule has 2 nitrogen and oxygen atoms in total. The van der Waals surface area contributed by atoms with Crippen LogP contribution in [-0.2, 0) is 0 Å². The minimum absolute atomic E-state index is 1.08. The highest BCUT2D eigenvalue weighted by Gasteiger charge is 2.27. The summed E-state index contributed by atoms with van der Waals surface area (Å²) in [4.78, 5) is 4.89. The molecule has 0 unspecified atom stereocenters. The first kappa shape index (κ1) is 19.4. The Morgan fingerprint density at radius 1 is 0.571 bits per heavy atom. The van der Waals surface area contributed by atoms with Gasteiger partial charge < -0.3 is 4.40 Å². The predicted octanol–water partition coefficient (Wildman–Crippen LogP) is 8.09. The molecule has 0 bridgehead atoms. The molecule has 166 valence electrons. The molecule has 0 spiro atoms. The Bertz CT molecular complexity index is 1990.